The van der Waals surface area contributed by atoms with Gasteiger partial charge >= 0.3 is 0 Å². The SMILES string of the molecule is COCCOCCNC(C)CS(C)=O. The Morgan fingerprint density at radius 2 is 2.07 bits per heavy atom. The van der Waals surface area contributed by atoms with E-state index in [1.165, 1.54) is 0 Å². The molecule has 0 saturated heterocycles. The lowest BCUT2D eigenvalue weighted by Gasteiger charge is -2.12. The van der Waals surface area contributed by atoms with Gasteiger partial charge in [-0.25, -0.2) is 0 Å². The van der Waals surface area contributed by atoms with Crippen molar-refractivity contribution in [2.45, 2.75) is 13.0 Å². The molecule has 0 amide bonds. The number of hydrogen-bond donors (Lipinski definition) is 1. The first-order chi connectivity index (χ1) is 6.66. The first kappa shape index (κ1) is 14.0. The highest BCUT2D eigenvalue weighted by atomic mass is 32.2. The molecule has 0 aromatic heterocycles. The maximum absolute atomic E-state index is 10.9. The van der Waals surface area contributed by atoms with Crippen LogP contribution in [0.5, 0.6) is 0 Å². The summed E-state index contributed by atoms with van der Waals surface area (Å²) in [7, 11) is 0.924. The van der Waals surface area contributed by atoms with Crippen LogP contribution in [-0.4, -0.2) is 55.7 Å². The number of hydrogen-bond acceptors (Lipinski definition) is 4. The molecule has 2 unspecified atom stereocenters. The predicted octanol–water partition coefficient (Wildman–Crippen LogP) is 0.00600. The summed E-state index contributed by atoms with van der Waals surface area (Å²) < 4.78 is 21.0. The lowest BCUT2D eigenvalue weighted by atomic mass is 10.4. The molecule has 5 heteroatoms. The smallest absolute Gasteiger partial charge is 0.0700 e. The van der Waals surface area contributed by atoms with Gasteiger partial charge in [-0.2, -0.15) is 0 Å². The Hall–Kier alpha value is 0.0300. The number of nitrogens with one attached hydrogen (secondary N) is 1. The van der Waals surface area contributed by atoms with Gasteiger partial charge in [-0.3, -0.25) is 4.21 Å². The molecule has 0 aliphatic rings. The van der Waals surface area contributed by atoms with Gasteiger partial charge in [0, 0.05) is 42.5 Å². The van der Waals surface area contributed by atoms with Gasteiger partial charge in [0.05, 0.1) is 19.8 Å². The largest absolute Gasteiger partial charge is 0.382 e. The molecule has 0 radical (unpaired) electrons. The van der Waals surface area contributed by atoms with E-state index in [-0.39, 0.29) is 6.04 Å². The number of ether oxygens (including phenoxy) is 2. The predicted molar refractivity (Wildman–Crippen MR) is 59.1 cm³/mol. The number of methoxy groups -OCH3 is 1. The fourth-order valence-corrected chi connectivity index (χ4v) is 1.85. The molecule has 14 heavy (non-hydrogen) atoms. The molecule has 0 aromatic rings. The highest BCUT2D eigenvalue weighted by Gasteiger charge is 2.02. The zero-order chi connectivity index (χ0) is 10.8. The van der Waals surface area contributed by atoms with Crippen LogP contribution in [-0.2, 0) is 20.3 Å². The molecule has 0 fully saturated rings. The maximum atomic E-state index is 10.9. The molecule has 0 rings (SSSR count). The summed E-state index contributed by atoms with van der Waals surface area (Å²) >= 11 is 0. The normalized spacial score (nSPS) is 15.4. The van der Waals surface area contributed by atoms with E-state index in [9.17, 15) is 4.21 Å². The van der Waals surface area contributed by atoms with Crippen molar-refractivity contribution in [2.24, 2.45) is 0 Å². The molecule has 1 N–H and O–H groups in total. The van der Waals surface area contributed by atoms with Crippen molar-refractivity contribution in [3.63, 3.8) is 0 Å². The molecule has 86 valence electrons. The molecule has 0 heterocycles. The van der Waals surface area contributed by atoms with Gasteiger partial charge in [0.25, 0.3) is 0 Å². The monoisotopic (exact) mass is 223 g/mol. The van der Waals surface area contributed by atoms with Crippen molar-refractivity contribution in [1.29, 1.82) is 0 Å². The van der Waals surface area contributed by atoms with E-state index in [0.717, 1.165) is 6.54 Å². The van der Waals surface area contributed by atoms with Crippen LogP contribution >= 0.6 is 0 Å². The summed E-state index contributed by atoms with van der Waals surface area (Å²) in [5, 5.41) is 3.23. The molecule has 4 nitrogen and oxygen atoms in total. The average Bonchev–Trinajstić information content (AvgIpc) is 2.10. The molecule has 2 atom stereocenters. The van der Waals surface area contributed by atoms with Crippen molar-refractivity contribution in [2.75, 3.05) is 45.5 Å². The van der Waals surface area contributed by atoms with Crippen molar-refractivity contribution in [3.05, 3.63) is 0 Å². The molecule has 0 spiro atoms. The fraction of sp³-hybridized carbons (Fsp3) is 1.00. The summed E-state index contributed by atoms with van der Waals surface area (Å²) in [5.74, 6) is 0.693. The zero-order valence-corrected chi connectivity index (χ0v) is 10.1. The number of rotatable bonds is 9. The summed E-state index contributed by atoms with van der Waals surface area (Å²) in [4.78, 5) is 0. The molecular formula is C9H21NO3S. The van der Waals surface area contributed by atoms with E-state index in [1.54, 1.807) is 13.4 Å². The second-order valence-corrected chi connectivity index (χ2v) is 4.68. The van der Waals surface area contributed by atoms with E-state index >= 15 is 0 Å². The van der Waals surface area contributed by atoms with E-state index in [1.807, 2.05) is 6.92 Å². The molecule has 0 aliphatic carbocycles. The van der Waals surface area contributed by atoms with Crippen LogP contribution in [0.4, 0.5) is 0 Å². The van der Waals surface area contributed by atoms with Crippen LogP contribution in [0.25, 0.3) is 0 Å². The van der Waals surface area contributed by atoms with Crippen LogP contribution in [0.2, 0.25) is 0 Å². The minimum Gasteiger partial charge on any atom is -0.382 e. The van der Waals surface area contributed by atoms with E-state index in [2.05, 4.69) is 5.32 Å². The minimum atomic E-state index is -0.729. The van der Waals surface area contributed by atoms with Crippen LogP contribution in [0, 0.1) is 0 Å². The van der Waals surface area contributed by atoms with Crippen molar-refractivity contribution < 1.29 is 13.7 Å². The Kier molecular flexibility index (Phi) is 9.60. The van der Waals surface area contributed by atoms with E-state index in [4.69, 9.17) is 9.47 Å². The standard InChI is InChI=1S/C9H21NO3S/c1-9(8-14(3)11)10-4-5-13-7-6-12-2/h9-10H,4-8H2,1-3H3. The quantitative estimate of drug-likeness (QED) is 0.559. The first-order valence-electron chi connectivity index (χ1n) is 4.77. The Balaban J connectivity index is 3.14. The topological polar surface area (TPSA) is 47.6 Å². The van der Waals surface area contributed by atoms with Gasteiger partial charge in [-0.1, -0.05) is 0 Å². The Morgan fingerprint density at radius 3 is 2.64 bits per heavy atom. The molecule has 0 bridgehead atoms. The minimum absolute atomic E-state index is 0.284. The fourth-order valence-electron chi connectivity index (χ4n) is 1.03. The lowest BCUT2D eigenvalue weighted by molar-refractivity contribution is 0.0714. The van der Waals surface area contributed by atoms with Crippen molar-refractivity contribution in [3.8, 4) is 0 Å². The third-order valence-electron chi connectivity index (χ3n) is 1.66. The first-order valence-corrected chi connectivity index (χ1v) is 6.49. The highest BCUT2D eigenvalue weighted by molar-refractivity contribution is 7.84. The molecule has 0 aliphatic heterocycles. The third kappa shape index (κ3) is 10.1. The maximum Gasteiger partial charge on any atom is 0.0700 e. The van der Waals surface area contributed by atoms with Gasteiger partial charge in [0.1, 0.15) is 0 Å². The van der Waals surface area contributed by atoms with E-state index < -0.39 is 10.8 Å². The average molecular weight is 223 g/mol. The van der Waals surface area contributed by atoms with Gasteiger partial charge in [0.15, 0.2) is 0 Å². The van der Waals surface area contributed by atoms with Crippen molar-refractivity contribution >= 4 is 10.8 Å². The highest BCUT2D eigenvalue weighted by Crippen LogP contribution is 1.85. The molecular weight excluding hydrogens is 202 g/mol. The second kappa shape index (κ2) is 9.58. The van der Waals surface area contributed by atoms with Gasteiger partial charge < -0.3 is 14.8 Å². The van der Waals surface area contributed by atoms with Gasteiger partial charge in [0.2, 0.25) is 0 Å². The van der Waals surface area contributed by atoms with Crippen LogP contribution in [0.3, 0.4) is 0 Å². The van der Waals surface area contributed by atoms with Crippen LogP contribution in [0.1, 0.15) is 6.92 Å². The van der Waals surface area contributed by atoms with Gasteiger partial charge in [-0.05, 0) is 6.92 Å². The molecule has 0 aromatic carbocycles. The van der Waals surface area contributed by atoms with Crippen LogP contribution in [0.15, 0.2) is 0 Å². The summed E-state index contributed by atoms with van der Waals surface area (Å²) in [6, 6.07) is 0.284. The summed E-state index contributed by atoms with van der Waals surface area (Å²) in [6.07, 6.45) is 1.72. The Bertz CT molecular complexity index is 155. The van der Waals surface area contributed by atoms with Crippen LogP contribution < -0.4 is 5.32 Å². The lowest BCUT2D eigenvalue weighted by Crippen LogP contribution is -2.33. The van der Waals surface area contributed by atoms with Crippen molar-refractivity contribution in [1.82, 2.24) is 5.32 Å². The zero-order valence-electron chi connectivity index (χ0n) is 9.25. The summed E-state index contributed by atoms with van der Waals surface area (Å²) in [6.45, 7) is 4.75. The molecule has 0 saturated carbocycles. The van der Waals surface area contributed by atoms with E-state index in [0.29, 0.717) is 25.6 Å². The Labute approximate surface area is 88.8 Å². The van der Waals surface area contributed by atoms with Gasteiger partial charge in [-0.15, -0.1) is 0 Å². The Morgan fingerprint density at radius 1 is 1.36 bits per heavy atom. The summed E-state index contributed by atoms with van der Waals surface area (Å²) in [5.41, 5.74) is 0. The third-order valence-corrected chi connectivity index (χ3v) is 2.63. The second-order valence-electron chi connectivity index (χ2n) is 3.20.